The maximum atomic E-state index is 14.8. The minimum Gasteiger partial charge on any atom is -0.391 e. The van der Waals surface area contributed by atoms with Crippen LogP contribution in [0.4, 0.5) is 0 Å². The highest BCUT2D eigenvalue weighted by atomic mass is 32.1. The van der Waals surface area contributed by atoms with Crippen LogP contribution in [0.1, 0.15) is 122 Å². The number of aliphatic hydroxyl groups excluding tert-OH is 2. The number of aryl methyl sites for hydroxylation is 2. The second-order valence-electron chi connectivity index (χ2n) is 19.3. The van der Waals surface area contributed by atoms with Crippen molar-refractivity contribution in [2.24, 2.45) is 23.1 Å². The number of fused-ring (bicyclic) bond motifs is 14. The van der Waals surface area contributed by atoms with Crippen molar-refractivity contribution in [1.82, 2.24) is 50.8 Å². The van der Waals surface area contributed by atoms with Gasteiger partial charge in [0.15, 0.2) is 5.78 Å². The van der Waals surface area contributed by atoms with Gasteiger partial charge in [0.2, 0.25) is 11.8 Å². The second kappa shape index (κ2) is 24.8. The number of nitrogens with one attached hydrogen (secondary N) is 3. The molecule has 0 fully saturated rings. The molecule has 7 aromatic heterocycles. The van der Waals surface area contributed by atoms with Gasteiger partial charge in [-0.1, -0.05) is 67.1 Å². The Morgan fingerprint density at radius 2 is 1.28 bits per heavy atom. The van der Waals surface area contributed by atoms with Crippen LogP contribution >= 0.6 is 68.0 Å². The zero-order valence-electron chi connectivity index (χ0n) is 43.8. The molecule has 8 heterocycles. The third kappa shape index (κ3) is 12.7. The van der Waals surface area contributed by atoms with E-state index in [4.69, 9.17) is 42.1 Å². The van der Waals surface area contributed by atoms with Crippen LogP contribution in [0.15, 0.2) is 93.6 Å². The number of rotatable bonds is 11. The molecule has 5 amide bonds. The quantitative estimate of drug-likeness (QED) is 0.0639. The van der Waals surface area contributed by atoms with Crippen molar-refractivity contribution in [3.05, 3.63) is 153 Å². The number of primary amides is 2. The zero-order chi connectivity index (χ0) is 57.9. The molecular formula is C55H51N13O8S6. The first kappa shape index (κ1) is 57.5. The summed E-state index contributed by atoms with van der Waals surface area (Å²) < 4.78 is 0. The topological polar surface area (TPSA) is 347 Å². The molecule has 1 aliphatic rings. The van der Waals surface area contributed by atoms with E-state index < -0.39 is 77.5 Å². The summed E-state index contributed by atoms with van der Waals surface area (Å²) in [5.41, 5.74) is 21.6. The minimum absolute atomic E-state index is 0.00985. The number of benzene rings is 2. The van der Waals surface area contributed by atoms with Gasteiger partial charge in [-0.3, -0.25) is 28.8 Å². The van der Waals surface area contributed by atoms with E-state index in [2.05, 4.69) is 25.9 Å². The van der Waals surface area contributed by atoms with Gasteiger partial charge < -0.3 is 43.4 Å². The van der Waals surface area contributed by atoms with E-state index in [0.29, 0.717) is 58.8 Å². The molecular weight excluding hydrogens is 1160 g/mol. The molecule has 21 nitrogen and oxygen atoms in total. The summed E-state index contributed by atoms with van der Waals surface area (Å²) in [5.74, 6) is -5.60. The van der Waals surface area contributed by atoms with Crippen LogP contribution in [0.3, 0.4) is 0 Å². The number of thiazole rings is 6. The lowest BCUT2D eigenvalue weighted by Crippen LogP contribution is -2.50. The Morgan fingerprint density at radius 1 is 0.646 bits per heavy atom. The van der Waals surface area contributed by atoms with Crippen molar-refractivity contribution in [2.75, 3.05) is 6.54 Å². The smallest absolute Gasteiger partial charge is 0.271 e. The lowest BCUT2D eigenvalue weighted by molar-refractivity contribution is -0.124. The average molecular weight is 1210 g/mol. The fraction of sp³-hybridized carbons (Fsp3) is 0.255. The van der Waals surface area contributed by atoms with E-state index in [1.54, 1.807) is 72.5 Å². The minimum atomic E-state index is -1.29. The first-order chi connectivity index (χ1) is 39.4. The molecule has 9 aromatic rings. The average Bonchev–Trinajstić information content (AvgIpc) is 4.39. The third-order valence-electron chi connectivity index (χ3n) is 13.5. The van der Waals surface area contributed by atoms with E-state index >= 15 is 0 Å². The molecule has 0 saturated carbocycles. The van der Waals surface area contributed by atoms with Crippen LogP contribution in [0.2, 0.25) is 0 Å². The molecule has 11 N–H and O–H groups in total. The highest BCUT2D eigenvalue weighted by Gasteiger charge is 2.36. The number of carbonyl (C=O) groups is 6. The lowest BCUT2D eigenvalue weighted by atomic mass is 9.90. The van der Waals surface area contributed by atoms with Crippen LogP contribution in [0.5, 0.6) is 0 Å². The summed E-state index contributed by atoms with van der Waals surface area (Å²) in [5, 5.41) is 42.3. The largest absolute Gasteiger partial charge is 0.391 e. The van der Waals surface area contributed by atoms with Crippen molar-refractivity contribution >= 4 is 103 Å². The third-order valence-corrected chi connectivity index (χ3v) is 19.1. The van der Waals surface area contributed by atoms with Gasteiger partial charge in [0.1, 0.15) is 70.9 Å². The Balaban J connectivity index is 1.08. The summed E-state index contributed by atoms with van der Waals surface area (Å²) in [6, 6.07) is 16.5. The van der Waals surface area contributed by atoms with Crippen LogP contribution < -0.4 is 33.2 Å². The normalized spacial score (nSPS) is 18.2. The molecule has 10 rings (SSSR count). The first-order valence-electron chi connectivity index (χ1n) is 25.4. The number of aliphatic hydroxyl groups is 2. The molecule has 1 aliphatic heterocycles. The van der Waals surface area contributed by atoms with E-state index in [0.717, 1.165) is 45.1 Å². The Morgan fingerprint density at radius 3 is 2.00 bits per heavy atom. The summed E-state index contributed by atoms with van der Waals surface area (Å²) >= 11 is 6.96. The Kier molecular flexibility index (Phi) is 17.4. The standard InChI is InChI=1S/C55H51N13O8S6/c1-24-9-11-27(12-10-24)15-32-47(74)67-42(25(2)40(70)18-56)55-66-38(23-81-55)53-62-34(19-79-53)44-29(13-14-31(59-44)52-63-35(20-80-52)46(58)73)50-64-37(21-77-50)49(76)61-33(17-41(57)71)54-68-43(26(3)82-54)39(69)16-30(45(72)28-7-5-4-6-8-28)51-65-36(22-78-51)48(75)60-32/h4-14,19-23,25,30,32-33,40,42,45,70,72H,15-18,56H2,1-3H3,(H2,57,71)(H2,58,73)(H,60,75)(H,61,76)(H,67,74)/t25-,30-,32-,33-,40-,42-,45+/m0/s1. The molecule has 0 unspecified atom stereocenters. The maximum absolute atomic E-state index is 14.8. The van der Waals surface area contributed by atoms with E-state index in [1.807, 2.05) is 31.2 Å². The Bertz CT molecular complexity index is 3850. The summed E-state index contributed by atoms with van der Waals surface area (Å²) in [7, 11) is 0. The molecule has 420 valence electrons. The second-order valence-corrected chi connectivity index (χ2v) is 24.9. The van der Waals surface area contributed by atoms with Crippen LogP contribution in [0, 0.1) is 19.8 Å². The van der Waals surface area contributed by atoms with E-state index in [9.17, 15) is 39.0 Å². The number of carbonyl (C=O) groups excluding carboxylic acids is 6. The molecule has 0 saturated heterocycles. The number of nitrogens with zero attached hydrogens (tertiary/aromatic N) is 7. The van der Waals surface area contributed by atoms with Gasteiger partial charge >= 0.3 is 0 Å². The molecule has 0 radical (unpaired) electrons. The molecule has 7 atom stereocenters. The van der Waals surface area contributed by atoms with Crippen molar-refractivity contribution in [1.29, 1.82) is 0 Å². The predicted octanol–water partition coefficient (Wildman–Crippen LogP) is 7.11. The number of Topliss-reactive ketones (excluding diaryl/α,β-unsaturated/α-hetero) is 1. The number of pyridine rings is 1. The van der Waals surface area contributed by atoms with E-state index in [-0.39, 0.29) is 58.6 Å². The summed E-state index contributed by atoms with van der Waals surface area (Å²) in [6.45, 7) is 5.22. The predicted molar refractivity (Wildman–Crippen MR) is 315 cm³/mol. The van der Waals surface area contributed by atoms with Crippen molar-refractivity contribution in [2.45, 2.75) is 76.3 Å². The van der Waals surface area contributed by atoms with Crippen molar-refractivity contribution in [3.63, 3.8) is 0 Å². The van der Waals surface area contributed by atoms with Crippen LogP contribution in [0.25, 0.3) is 43.4 Å². The van der Waals surface area contributed by atoms with Gasteiger partial charge in [0.25, 0.3) is 17.7 Å². The monoisotopic (exact) mass is 1210 g/mol. The van der Waals surface area contributed by atoms with Crippen LogP contribution in [-0.4, -0.2) is 99.1 Å². The molecule has 10 bridgehead atoms. The van der Waals surface area contributed by atoms with Gasteiger partial charge in [0, 0.05) is 68.6 Å². The van der Waals surface area contributed by atoms with Gasteiger partial charge in [-0.05, 0) is 37.1 Å². The number of aromatic nitrogens is 7. The summed E-state index contributed by atoms with van der Waals surface area (Å²) in [4.78, 5) is 117. The highest BCUT2D eigenvalue weighted by molar-refractivity contribution is 7.15. The van der Waals surface area contributed by atoms with Crippen molar-refractivity contribution in [3.8, 4) is 43.4 Å². The molecule has 27 heteroatoms. The zero-order valence-corrected chi connectivity index (χ0v) is 48.7. The SMILES string of the molecule is Cc1ccc(C[C@@H]2NC(=O)c3csc(n3)[C@H]([C@H](O)c3ccccc3)CC(=O)c3nc(sc3C)[C@H](CC(N)=O)NC(=O)c3csc(n3)-c3ccc(-c4nc(C(N)=O)cs4)nc3-c3csc(n3)-c3csc(n3)[C@H]([C@@H](C)[C@@H](O)CN)NC2=O)cc1. The van der Waals surface area contributed by atoms with Crippen molar-refractivity contribution < 1.29 is 39.0 Å². The summed E-state index contributed by atoms with van der Waals surface area (Å²) in [6.07, 6.45) is -3.02. The number of amides is 5. The fourth-order valence-corrected chi connectivity index (χ4v) is 14.4. The highest BCUT2D eigenvalue weighted by Crippen LogP contribution is 2.41. The number of hydrogen-bond acceptors (Lipinski definition) is 22. The molecule has 0 aliphatic carbocycles. The van der Waals surface area contributed by atoms with E-state index in [1.165, 1.54) is 44.8 Å². The Labute approximate surface area is 492 Å². The lowest BCUT2D eigenvalue weighted by Gasteiger charge is -2.29. The molecule has 2 aromatic carbocycles. The van der Waals surface area contributed by atoms with Crippen LogP contribution in [-0.2, 0) is 16.0 Å². The maximum Gasteiger partial charge on any atom is 0.271 e. The Hall–Kier alpha value is -7.73. The first-order valence-corrected chi connectivity index (χ1v) is 30.6. The van der Waals surface area contributed by atoms with Gasteiger partial charge in [-0.25, -0.2) is 34.9 Å². The number of nitrogens with two attached hydrogens (primary N) is 3. The van der Waals surface area contributed by atoms with Gasteiger partial charge in [-0.15, -0.1) is 68.0 Å². The number of ketones is 1. The van der Waals surface area contributed by atoms with Gasteiger partial charge in [-0.2, -0.15) is 0 Å². The molecule has 82 heavy (non-hydrogen) atoms. The number of hydrogen-bond donors (Lipinski definition) is 8. The molecule has 0 spiro atoms. The van der Waals surface area contributed by atoms with Gasteiger partial charge in [0.05, 0.1) is 41.4 Å². The fourth-order valence-electron chi connectivity index (χ4n) is 9.02.